The molecular formula is C22H32N2. The van der Waals surface area contributed by atoms with E-state index in [-0.39, 0.29) is 12.1 Å². The highest BCUT2D eigenvalue weighted by Crippen LogP contribution is 2.29. The Hall–Kier alpha value is -1.64. The first-order valence-corrected chi connectivity index (χ1v) is 9.43. The van der Waals surface area contributed by atoms with Crippen molar-refractivity contribution in [2.24, 2.45) is 0 Å². The van der Waals surface area contributed by atoms with Crippen LogP contribution in [-0.4, -0.2) is 13.1 Å². The van der Waals surface area contributed by atoms with Gasteiger partial charge in [0.25, 0.3) is 0 Å². The maximum absolute atomic E-state index is 3.80. The molecule has 0 amide bonds. The van der Waals surface area contributed by atoms with E-state index in [0.717, 1.165) is 13.1 Å². The molecule has 0 fully saturated rings. The third kappa shape index (κ3) is 5.77. The van der Waals surface area contributed by atoms with Gasteiger partial charge in [-0.1, -0.05) is 87.4 Å². The molecule has 0 aliphatic rings. The smallest absolute Gasteiger partial charge is 0.0518 e. The van der Waals surface area contributed by atoms with Crippen molar-refractivity contribution in [2.75, 3.05) is 13.1 Å². The van der Waals surface area contributed by atoms with E-state index in [1.165, 1.54) is 36.8 Å². The zero-order chi connectivity index (χ0) is 17.0. The number of benzene rings is 2. The summed E-state index contributed by atoms with van der Waals surface area (Å²) in [5.41, 5.74) is 2.71. The molecule has 0 aromatic heterocycles. The van der Waals surface area contributed by atoms with Gasteiger partial charge < -0.3 is 10.6 Å². The predicted molar refractivity (Wildman–Crippen MR) is 104 cm³/mol. The first-order valence-electron chi connectivity index (χ1n) is 9.43. The summed E-state index contributed by atoms with van der Waals surface area (Å²) >= 11 is 0. The van der Waals surface area contributed by atoms with Gasteiger partial charge in [-0.2, -0.15) is 0 Å². The van der Waals surface area contributed by atoms with E-state index in [2.05, 4.69) is 85.1 Å². The third-order valence-electron chi connectivity index (χ3n) is 4.44. The van der Waals surface area contributed by atoms with Crippen molar-refractivity contribution in [1.82, 2.24) is 10.6 Å². The standard InChI is InChI=1S/C22H32N2/c1-3-5-17-23-21(19-13-9-7-10-14-19)22(24-18-6-4-2)20-15-11-8-12-16-20/h7-16,21-24H,3-6,17-18H2,1-2H3/t21-,22-/m0/s1. The number of nitrogens with one attached hydrogen (secondary N) is 2. The summed E-state index contributed by atoms with van der Waals surface area (Å²) in [7, 11) is 0. The van der Waals surface area contributed by atoms with Crippen LogP contribution in [0.4, 0.5) is 0 Å². The lowest BCUT2D eigenvalue weighted by molar-refractivity contribution is 0.379. The van der Waals surface area contributed by atoms with Crippen LogP contribution in [0, 0.1) is 0 Å². The van der Waals surface area contributed by atoms with Crippen LogP contribution in [0.25, 0.3) is 0 Å². The van der Waals surface area contributed by atoms with Gasteiger partial charge >= 0.3 is 0 Å². The lowest BCUT2D eigenvalue weighted by atomic mass is 9.93. The molecule has 2 N–H and O–H groups in total. The molecule has 0 aliphatic carbocycles. The molecule has 0 spiro atoms. The van der Waals surface area contributed by atoms with Gasteiger partial charge in [0.05, 0.1) is 12.1 Å². The number of rotatable bonds is 11. The van der Waals surface area contributed by atoms with Crippen molar-refractivity contribution >= 4 is 0 Å². The Labute approximate surface area is 147 Å². The fourth-order valence-corrected chi connectivity index (χ4v) is 3.05. The molecule has 0 heterocycles. The van der Waals surface area contributed by atoms with Crippen LogP contribution in [0.3, 0.4) is 0 Å². The number of hydrogen-bond acceptors (Lipinski definition) is 2. The summed E-state index contributed by atoms with van der Waals surface area (Å²) in [6.07, 6.45) is 4.85. The normalized spacial score (nSPS) is 13.6. The minimum absolute atomic E-state index is 0.289. The van der Waals surface area contributed by atoms with Gasteiger partial charge in [0.1, 0.15) is 0 Å². The molecule has 0 aliphatic heterocycles. The minimum atomic E-state index is 0.289. The zero-order valence-electron chi connectivity index (χ0n) is 15.2. The van der Waals surface area contributed by atoms with Crippen molar-refractivity contribution in [1.29, 1.82) is 0 Å². The lowest BCUT2D eigenvalue weighted by Crippen LogP contribution is -2.36. The quantitative estimate of drug-likeness (QED) is 0.552. The molecule has 2 aromatic rings. The van der Waals surface area contributed by atoms with E-state index in [0.29, 0.717) is 0 Å². The molecule has 0 saturated carbocycles. The summed E-state index contributed by atoms with van der Waals surface area (Å²) in [4.78, 5) is 0. The minimum Gasteiger partial charge on any atom is -0.308 e. The Morgan fingerprint density at radius 3 is 1.33 bits per heavy atom. The maximum atomic E-state index is 3.80. The van der Waals surface area contributed by atoms with Gasteiger partial charge in [0.15, 0.2) is 0 Å². The van der Waals surface area contributed by atoms with Crippen LogP contribution in [0.2, 0.25) is 0 Å². The predicted octanol–water partition coefficient (Wildman–Crippen LogP) is 5.25. The monoisotopic (exact) mass is 324 g/mol. The molecule has 0 saturated heterocycles. The van der Waals surface area contributed by atoms with Crippen LogP contribution in [-0.2, 0) is 0 Å². The topological polar surface area (TPSA) is 24.1 Å². The van der Waals surface area contributed by atoms with Gasteiger partial charge in [-0.15, -0.1) is 0 Å². The first-order chi connectivity index (χ1) is 11.9. The highest BCUT2D eigenvalue weighted by atomic mass is 15.0. The molecule has 0 bridgehead atoms. The largest absolute Gasteiger partial charge is 0.308 e. The number of unbranched alkanes of at least 4 members (excludes halogenated alkanes) is 2. The van der Waals surface area contributed by atoms with Gasteiger partial charge in [-0.25, -0.2) is 0 Å². The van der Waals surface area contributed by atoms with Crippen LogP contribution in [0.15, 0.2) is 60.7 Å². The summed E-state index contributed by atoms with van der Waals surface area (Å²) < 4.78 is 0. The molecule has 2 nitrogen and oxygen atoms in total. The maximum Gasteiger partial charge on any atom is 0.0518 e. The highest BCUT2D eigenvalue weighted by Gasteiger charge is 2.23. The molecule has 2 rings (SSSR count). The van der Waals surface area contributed by atoms with Crippen LogP contribution in [0.1, 0.15) is 62.7 Å². The average molecular weight is 325 g/mol. The molecular weight excluding hydrogens is 292 g/mol. The second-order valence-corrected chi connectivity index (χ2v) is 6.39. The third-order valence-corrected chi connectivity index (χ3v) is 4.44. The van der Waals surface area contributed by atoms with E-state index in [1.54, 1.807) is 0 Å². The van der Waals surface area contributed by atoms with E-state index in [9.17, 15) is 0 Å². The molecule has 130 valence electrons. The van der Waals surface area contributed by atoms with Crippen molar-refractivity contribution in [2.45, 2.75) is 51.6 Å². The molecule has 24 heavy (non-hydrogen) atoms. The van der Waals surface area contributed by atoms with E-state index in [4.69, 9.17) is 0 Å². The lowest BCUT2D eigenvalue weighted by Gasteiger charge is -2.30. The fourth-order valence-electron chi connectivity index (χ4n) is 3.05. The van der Waals surface area contributed by atoms with Crippen molar-refractivity contribution in [3.8, 4) is 0 Å². The Kier molecular flexibility index (Phi) is 8.58. The van der Waals surface area contributed by atoms with Crippen LogP contribution < -0.4 is 10.6 Å². The van der Waals surface area contributed by atoms with Crippen LogP contribution in [0.5, 0.6) is 0 Å². The molecule has 2 aromatic carbocycles. The summed E-state index contributed by atoms with van der Waals surface area (Å²) in [6, 6.07) is 22.3. The Morgan fingerprint density at radius 2 is 1.00 bits per heavy atom. The average Bonchev–Trinajstić information content (AvgIpc) is 2.65. The molecule has 0 radical (unpaired) electrons. The van der Waals surface area contributed by atoms with E-state index in [1.807, 2.05) is 0 Å². The molecule has 2 atom stereocenters. The second-order valence-electron chi connectivity index (χ2n) is 6.39. The summed E-state index contributed by atoms with van der Waals surface area (Å²) in [5.74, 6) is 0. The fraction of sp³-hybridized carbons (Fsp3) is 0.455. The van der Waals surface area contributed by atoms with Gasteiger partial charge in [0, 0.05) is 0 Å². The second kappa shape index (κ2) is 11.0. The summed E-state index contributed by atoms with van der Waals surface area (Å²) in [6.45, 7) is 6.59. The van der Waals surface area contributed by atoms with Crippen molar-refractivity contribution < 1.29 is 0 Å². The first kappa shape index (κ1) is 18.7. The van der Waals surface area contributed by atoms with Crippen molar-refractivity contribution in [3.05, 3.63) is 71.8 Å². The number of hydrogen-bond donors (Lipinski definition) is 2. The molecule has 2 heteroatoms. The Balaban J connectivity index is 2.24. The van der Waals surface area contributed by atoms with Crippen molar-refractivity contribution in [3.63, 3.8) is 0 Å². The van der Waals surface area contributed by atoms with Gasteiger partial charge in [-0.05, 0) is 37.1 Å². The highest BCUT2D eigenvalue weighted by molar-refractivity contribution is 5.27. The van der Waals surface area contributed by atoms with Crippen LogP contribution >= 0.6 is 0 Å². The Morgan fingerprint density at radius 1 is 0.625 bits per heavy atom. The zero-order valence-corrected chi connectivity index (χ0v) is 15.2. The Bertz CT molecular complexity index is 487. The van der Waals surface area contributed by atoms with E-state index < -0.39 is 0 Å². The summed E-state index contributed by atoms with van der Waals surface area (Å²) in [5, 5.41) is 7.60. The molecule has 0 unspecified atom stereocenters. The van der Waals surface area contributed by atoms with Gasteiger partial charge in [0.2, 0.25) is 0 Å². The SMILES string of the molecule is CCCCN[C@@H](c1ccccc1)[C@@H](NCCCC)c1ccccc1. The van der Waals surface area contributed by atoms with E-state index >= 15 is 0 Å². The van der Waals surface area contributed by atoms with Gasteiger partial charge in [-0.3, -0.25) is 0 Å².